The smallest absolute Gasteiger partial charge is 0.296 e. The van der Waals surface area contributed by atoms with Gasteiger partial charge in [0.05, 0.1) is 21.8 Å². The highest BCUT2D eigenvalue weighted by Gasteiger charge is 2.45. The summed E-state index contributed by atoms with van der Waals surface area (Å²) in [6.07, 6.45) is 0.200. The van der Waals surface area contributed by atoms with Crippen molar-refractivity contribution in [3.63, 3.8) is 0 Å². The molecule has 4 rings (SSSR count). The number of hydrogen-bond donors (Lipinski definition) is 1. The topological polar surface area (TPSA) is 73.7 Å². The van der Waals surface area contributed by atoms with E-state index in [1.54, 1.807) is 6.92 Å². The number of rotatable bonds is 5. The molecule has 6 nitrogen and oxygen atoms in total. The molecule has 1 aliphatic rings. The van der Waals surface area contributed by atoms with E-state index in [0.29, 0.717) is 5.13 Å². The van der Waals surface area contributed by atoms with Crippen molar-refractivity contribution in [1.82, 2.24) is 4.98 Å². The molecule has 30 heavy (non-hydrogen) atoms. The van der Waals surface area contributed by atoms with Gasteiger partial charge in [0, 0.05) is 26.2 Å². The number of aliphatic hydroxyl groups excluding tert-OH is 1. The van der Waals surface area contributed by atoms with Gasteiger partial charge < -0.3 is 10.0 Å². The minimum atomic E-state index is -0.706. The molecule has 1 aliphatic heterocycles. The fraction of sp³-hybridized carbons (Fsp3) is 0.261. The number of carbonyl (C=O) groups is 2. The van der Waals surface area contributed by atoms with Crippen LogP contribution in [0.2, 0.25) is 0 Å². The van der Waals surface area contributed by atoms with Gasteiger partial charge in [0.15, 0.2) is 16.7 Å². The Labute approximate surface area is 179 Å². The van der Waals surface area contributed by atoms with Crippen LogP contribution in [0.25, 0.3) is 10.2 Å². The molecule has 0 saturated carbocycles. The number of anilines is 2. The van der Waals surface area contributed by atoms with Crippen LogP contribution in [0.4, 0.5) is 10.8 Å². The van der Waals surface area contributed by atoms with Gasteiger partial charge in [-0.25, -0.2) is 4.98 Å². The van der Waals surface area contributed by atoms with Gasteiger partial charge in [0.1, 0.15) is 0 Å². The average Bonchev–Trinajstić information content (AvgIpc) is 3.25. The molecule has 1 N–H and O–H groups in total. The predicted octanol–water partition coefficient (Wildman–Crippen LogP) is 4.55. The lowest BCUT2D eigenvalue weighted by molar-refractivity contribution is -0.118. The third kappa shape index (κ3) is 3.25. The molecule has 1 aromatic heterocycles. The van der Waals surface area contributed by atoms with Gasteiger partial charge in [0.25, 0.3) is 5.91 Å². The normalized spacial score (nSPS) is 16.6. The van der Waals surface area contributed by atoms with Crippen LogP contribution in [0.3, 0.4) is 0 Å². The monoisotopic (exact) mass is 421 g/mol. The molecular formula is C23H23N3O3S. The number of nitrogens with zero attached hydrogens (tertiary/aromatic N) is 3. The van der Waals surface area contributed by atoms with Crippen LogP contribution in [0, 0.1) is 6.92 Å². The average molecular weight is 422 g/mol. The number of hydrogen-bond acceptors (Lipinski definition) is 6. The van der Waals surface area contributed by atoms with Gasteiger partial charge in [0.2, 0.25) is 0 Å². The molecule has 154 valence electrons. The Morgan fingerprint density at radius 3 is 2.53 bits per heavy atom. The van der Waals surface area contributed by atoms with Gasteiger partial charge in [-0.15, -0.1) is 0 Å². The van der Waals surface area contributed by atoms with Crippen LogP contribution in [0.15, 0.2) is 53.8 Å². The molecule has 0 spiro atoms. The third-order valence-corrected chi connectivity index (χ3v) is 6.31. The number of Topliss-reactive ketones (excluding diaryl/α,β-unsaturated/α-hetero) is 1. The zero-order chi connectivity index (χ0) is 21.6. The fourth-order valence-corrected chi connectivity index (χ4v) is 4.76. The summed E-state index contributed by atoms with van der Waals surface area (Å²) in [5, 5.41) is 11.1. The Hall–Kier alpha value is -3.19. The lowest BCUT2D eigenvalue weighted by Crippen LogP contribution is -2.30. The van der Waals surface area contributed by atoms with E-state index in [1.807, 2.05) is 68.4 Å². The first-order valence-corrected chi connectivity index (χ1v) is 10.6. The van der Waals surface area contributed by atoms with Crippen LogP contribution < -0.4 is 9.80 Å². The van der Waals surface area contributed by atoms with Crippen molar-refractivity contribution in [3.05, 3.63) is 64.9 Å². The first kappa shape index (κ1) is 20.1. The number of ketones is 1. The van der Waals surface area contributed by atoms with E-state index in [4.69, 9.17) is 0 Å². The molecule has 2 aromatic carbocycles. The van der Waals surface area contributed by atoms with E-state index in [0.717, 1.165) is 27.0 Å². The Morgan fingerprint density at radius 1 is 1.20 bits per heavy atom. The van der Waals surface area contributed by atoms with Crippen LogP contribution in [-0.2, 0) is 9.59 Å². The maximum absolute atomic E-state index is 13.1. The molecule has 1 amide bonds. The highest BCUT2D eigenvalue weighted by Crippen LogP contribution is 2.44. The first-order chi connectivity index (χ1) is 14.3. The number of aryl methyl sites for hydroxylation is 1. The third-order valence-electron chi connectivity index (χ3n) is 5.29. The van der Waals surface area contributed by atoms with Gasteiger partial charge in [-0.1, -0.05) is 36.5 Å². The lowest BCUT2D eigenvalue weighted by atomic mass is 9.95. The summed E-state index contributed by atoms with van der Waals surface area (Å²) in [7, 11) is 3.89. The quantitative estimate of drug-likeness (QED) is 0.654. The molecule has 1 unspecified atom stereocenters. The van der Waals surface area contributed by atoms with E-state index >= 15 is 0 Å². The number of fused-ring (bicyclic) bond motifs is 1. The van der Waals surface area contributed by atoms with Crippen LogP contribution in [-0.4, -0.2) is 35.9 Å². The first-order valence-electron chi connectivity index (χ1n) is 9.76. The number of amides is 1. The Kier molecular flexibility index (Phi) is 5.07. The van der Waals surface area contributed by atoms with Crippen molar-refractivity contribution in [2.45, 2.75) is 26.3 Å². The number of carbonyl (C=O) groups excluding carboxylic acids is 2. The highest BCUT2D eigenvalue weighted by atomic mass is 32.1. The number of aliphatic hydroxyl groups is 1. The fourth-order valence-electron chi connectivity index (χ4n) is 3.67. The second kappa shape index (κ2) is 7.57. The van der Waals surface area contributed by atoms with Crippen LogP contribution in [0.1, 0.15) is 30.5 Å². The zero-order valence-corrected chi connectivity index (χ0v) is 18.2. The highest BCUT2D eigenvalue weighted by molar-refractivity contribution is 7.22. The SMILES string of the molecule is CCC(=O)C1=C(O)C(=O)N(c2nc3ccc(C)cc3s2)C1c1ccc(N(C)C)cc1. The molecule has 2 heterocycles. The Bertz CT molecular complexity index is 1180. The standard InChI is InChI=1S/C23H23N3O3S/c1-5-17(27)19-20(14-7-9-15(10-8-14)25(3)4)26(22(29)21(19)28)23-24-16-11-6-13(2)12-18(16)30-23/h6-12,20,28H,5H2,1-4H3. The molecular weight excluding hydrogens is 398 g/mol. The summed E-state index contributed by atoms with van der Waals surface area (Å²) in [6, 6.07) is 12.8. The largest absolute Gasteiger partial charge is 0.503 e. The summed E-state index contributed by atoms with van der Waals surface area (Å²) in [4.78, 5) is 33.8. The molecule has 0 aliphatic carbocycles. The summed E-state index contributed by atoms with van der Waals surface area (Å²) in [6.45, 7) is 3.72. The maximum atomic E-state index is 13.1. The van der Waals surface area contributed by atoms with Gasteiger partial charge in [-0.3, -0.25) is 14.5 Å². The maximum Gasteiger partial charge on any atom is 0.296 e. The van der Waals surface area contributed by atoms with Crippen molar-refractivity contribution in [2.75, 3.05) is 23.9 Å². The van der Waals surface area contributed by atoms with Crippen LogP contribution >= 0.6 is 11.3 Å². The Balaban J connectivity index is 1.86. The molecule has 7 heteroatoms. The lowest BCUT2D eigenvalue weighted by Gasteiger charge is -2.25. The number of aromatic nitrogens is 1. The van der Waals surface area contributed by atoms with Crippen molar-refractivity contribution >= 4 is 44.1 Å². The summed E-state index contributed by atoms with van der Waals surface area (Å²) in [5.41, 5.74) is 3.77. The van der Waals surface area contributed by atoms with Crippen LogP contribution in [0.5, 0.6) is 0 Å². The van der Waals surface area contributed by atoms with E-state index in [-0.39, 0.29) is 17.8 Å². The van der Waals surface area contributed by atoms with E-state index in [1.165, 1.54) is 16.2 Å². The predicted molar refractivity (Wildman–Crippen MR) is 120 cm³/mol. The Morgan fingerprint density at radius 2 is 1.90 bits per heavy atom. The molecule has 3 aromatic rings. The second-order valence-electron chi connectivity index (χ2n) is 7.57. The number of benzene rings is 2. The zero-order valence-electron chi connectivity index (χ0n) is 17.3. The molecule has 1 atom stereocenters. The second-order valence-corrected chi connectivity index (χ2v) is 8.58. The molecule has 0 radical (unpaired) electrons. The molecule has 0 bridgehead atoms. The number of thiazole rings is 1. The minimum Gasteiger partial charge on any atom is -0.503 e. The minimum absolute atomic E-state index is 0.135. The summed E-state index contributed by atoms with van der Waals surface area (Å²) in [5.74, 6) is -1.33. The van der Waals surface area contributed by atoms with Crippen molar-refractivity contribution in [3.8, 4) is 0 Å². The van der Waals surface area contributed by atoms with E-state index < -0.39 is 17.7 Å². The van der Waals surface area contributed by atoms with Gasteiger partial charge in [-0.2, -0.15) is 0 Å². The van der Waals surface area contributed by atoms with Crippen molar-refractivity contribution in [1.29, 1.82) is 0 Å². The van der Waals surface area contributed by atoms with Gasteiger partial charge >= 0.3 is 0 Å². The summed E-state index contributed by atoms with van der Waals surface area (Å²) >= 11 is 1.38. The molecule has 0 fully saturated rings. The van der Waals surface area contributed by atoms with Crippen molar-refractivity contribution < 1.29 is 14.7 Å². The summed E-state index contributed by atoms with van der Waals surface area (Å²) < 4.78 is 0.953. The van der Waals surface area contributed by atoms with E-state index in [9.17, 15) is 14.7 Å². The van der Waals surface area contributed by atoms with E-state index in [2.05, 4.69) is 4.98 Å². The molecule has 0 saturated heterocycles. The van der Waals surface area contributed by atoms with Gasteiger partial charge in [-0.05, 0) is 42.3 Å². The van der Waals surface area contributed by atoms with Crippen molar-refractivity contribution in [2.24, 2.45) is 0 Å².